The van der Waals surface area contributed by atoms with Crippen LogP contribution in [-0.2, 0) is 13.1 Å². The standard InChI is InChI=1S/C12H21N3/c1-4-5-8-15-12(6-7-14-15)10-13-9-11(2)3/h4,6-7,11,13H,1,5,8-10H2,2-3H3. The molecule has 1 rings (SSSR count). The molecular weight excluding hydrogens is 186 g/mol. The molecule has 1 aromatic heterocycles. The number of rotatable bonds is 7. The summed E-state index contributed by atoms with van der Waals surface area (Å²) < 4.78 is 2.04. The number of nitrogens with zero attached hydrogens (tertiary/aromatic N) is 2. The first-order chi connectivity index (χ1) is 7.24. The molecule has 1 heterocycles. The van der Waals surface area contributed by atoms with Gasteiger partial charge in [-0.05, 0) is 24.9 Å². The molecule has 0 unspecified atom stereocenters. The van der Waals surface area contributed by atoms with Gasteiger partial charge in [0.2, 0.25) is 0 Å². The molecule has 0 fully saturated rings. The van der Waals surface area contributed by atoms with Gasteiger partial charge in [-0.2, -0.15) is 5.10 Å². The highest BCUT2D eigenvalue weighted by molar-refractivity contribution is 5.00. The molecule has 3 nitrogen and oxygen atoms in total. The van der Waals surface area contributed by atoms with E-state index < -0.39 is 0 Å². The van der Waals surface area contributed by atoms with Crippen LogP contribution in [0.1, 0.15) is 26.0 Å². The van der Waals surface area contributed by atoms with E-state index in [-0.39, 0.29) is 0 Å². The van der Waals surface area contributed by atoms with Crippen LogP contribution >= 0.6 is 0 Å². The first kappa shape index (κ1) is 12.0. The Bertz CT molecular complexity index is 289. The minimum absolute atomic E-state index is 0.689. The van der Waals surface area contributed by atoms with Crippen molar-refractivity contribution < 1.29 is 0 Å². The fourth-order valence-corrected chi connectivity index (χ4v) is 1.41. The predicted molar refractivity (Wildman–Crippen MR) is 63.6 cm³/mol. The molecule has 0 spiro atoms. The van der Waals surface area contributed by atoms with Gasteiger partial charge in [-0.25, -0.2) is 0 Å². The highest BCUT2D eigenvalue weighted by Crippen LogP contribution is 2.00. The second-order valence-electron chi connectivity index (χ2n) is 4.15. The maximum atomic E-state index is 4.28. The fourth-order valence-electron chi connectivity index (χ4n) is 1.41. The molecule has 84 valence electrons. The summed E-state index contributed by atoms with van der Waals surface area (Å²) >= 11 is 0. The highest BCUT2D eigenvalue weighted by Gasteiger charge is 2.01. The first-order valence-electron chi connectivity index (χ1n) is 5.56. The number of allylic oxidation sites excluding steroid dienone is 1. The predicted octanol–water partition coefficient (Wildman–Crippen LogP) is 2.20. The molecule has 1 aromatic rings. The molecule has 0 aliphatic heterocycles. The van der Waals surface area contributed by atoms with E-state index in [0.29, 0.717) is 5.92 Å². The van der Waals surface area contributed by atoms with Gasteiger partial charge in [-0.15, -0.1) is 6.58 Å². The molecule has 0 atom stereocenters. The van der Waals surface area contributed by atoms with Crippen LogP contribution in [0.2, 0.25) is 0 Å². The third-order valence-corrected chi connectivity index (χ3v) is 2.21. The Kier molecular flexibility index (Phi) is 5.12. The number of aromatic nitrogens is 2. The third-order valence-electron chi connectivity index (χ3n) is 2.21. The maximum Gasteiger partial charge on any atom is 0.0522 e. The van der Waals surface area contributed by atoms with E-state index in [4.69, 9.17) is 0 Å². The lowest BCUT2D eigenvalue weighted by Crippen LogP contribution is -2.21. The lowest BCUT2D eigenvalue weighted by molar-refractivity contribution is 0.519. The summed E-state index contributed by atoms with van der Waals surface area (Å²) in [5, 5.41) is 7.70. The summed E-state index contributed by atoms with van der Waals surface area (Å²) in [4.78, 5) is 0. The summed E-state index contributed by atoms with van der Waals surface area (Å²) in [6.45, 7) is 11.0. The van der Waals surface area contributed by atoms with Gasteiger partial charge in [-0.3, -0.25) is 4.68 Å². The minimum atomic E-state index is 0.689. The molecule has 15 heavy (non-hydrogen) atoms. The number of aryl methyl sites for hydroxylation is 1. The van der Waals surface area contributed by atoms with Crippen molar-refractivity contribution in [2.75, 3.05) is 6.54 Å². The van der Waals surface area contributed by atoms with Gasteiger partial charge in [-0.1, -0.05) is 19.9 Å². The van der Waals surface area contributed by atoms with Gasteiger partial charge >= 0.3 is 0 Å². The quantitative estimate of drug-likeness (QED) is 0.695. The lowest BCUT2D eigenvalue weighted by atomic mass is 10.2. The molecule has 0 aromatic carbocycles. The zero-order valence-electron chi connectivity index (χ0n) is 9.74. The van der Waals surface area contributed by atoms with Crippen molar-refractivity contribution in [3.8, 4) is 0 Å². The Morgan fingerprint density at radius 1 is 1.60 bits per heavy atom. The van der Waals surface area contributed by atoms with E-state index in [1.165, 1.54) is 5.69 Å². The van der Waals surface area contributed by atoms with E-state index in [2.05, 4.69) is 36.9 Å². The number of hydrogen-bond acceptors (Lipinski definition) is 2. The van der Waals surface area contributed by atoms with Crippen LogP contribution < -0.4 is 5.32 Å². The van der Waals surface area contributed by atoms with E-state index in [0.717, 1.165) is 26.1 Å². The first-order valence-corrected chi connectivity index (χ1v) is 5.56. The van der Waals surface area contributed by atoms with Gasteiger partial charge in [0.05, 0.1) is 5.69 Å². The highest BCUT2D eigenvalue weighted by atomic mass is 15.3. The lowest BCUT2D eigenvalue weighted by Gasteiger charge is -2.09. The van der Waals surface area contributed by atoms with Crippen molar-refractivity contribution in [3.05, 3.63) is 30.6 Å². The van der Waals surface area contributed by atoms with E-state index in [1.54, 1.807) is 0 Å². The van der Waals surface area contributed by atoms with Crippen molar-refractivity contribution in [1.29, 1.82) is 0 Å². The van der Waals surface area contributed by atoms with Gasteiger partial charge in [0, 0.05) is 19.3 Å². The molecule has 0 saturated carbocycles. The van der Waals surface area contributed by atoms with Crippen molar-refractivity contribution in [1.82, 2.24) is 15.1 Å². The zero-order chi connectivity index (χ0) is 11.1. The topological polar surface area (TPSA) is 29.9 Å². The van der Waals surface area contributed by atoms with Crippen LogP contribution in [0.15, 0.2) is 24.9 Å². The summed E-state index contributed by atoms with van der Waals surface area (Å²) in [6.07, 6.45) is 4.75. The molecule has 0 aliphatic rings. The van der Waals surface area contributed by atoms with Crippen LogP contribution in [0, 0.1) is 5.92 Å². The van der Waals surface area contributed by atoms with Crippen molar-refractivity contribution >= 4 is 0 Å². The summed E-state index contributed by atoms with van der Waals surface area (Å²) in [5.74, 6) is 0.689. The fraction of sp³-hybridized carbons (Fsp3) is 0.583. The smallest absolute Gasteiger partial charge is 0.0522 e. The van der Waals surface area contributed by atoms with Crippen LogP contribution in [0.25, 0.3) is 0 Å². The monoisotopic (exact) mass is 207 g/mol. The van der Waals surface area contributed by atoms with E-state index in [9.17, 15) is 0 Å². The molecule has 3 heteroatoms. The number of nitrogens with one attached hydrogen (secondary N) is 1. The van der Waals surface area contributed by atoms with E-state index >= 15 is 0 Å². The van der Waals surface area contributed by atoms with Crippen molar-refractivity contribution in [3.63, 3.8) is 0 Å². The Morgan fingerprint density at radius 2 is 2.40 bits per heavy atom. The Labute approximate surface area is 92.2 Å². The van der Waals surface area contributed by atoms with Gasteiger partial charge in [0.15, 0.2) is 0 Å². The van der Waals surface area contributed by atoms with Crippen molar-refractivity contribution in [2.24, 2.45) is 5.92 Å². The average molecular weight is 207 g/mol. The van der Waals surface area contributed by atoms with Crippen LogP contribution in [0.4, 0.5) is 0 Å². The molecule has 1 N–H and O–H groups in total. The Hall–Kier alpha value is -1.09. The second kappa shape index (κ2) is 6.40. The normalized spacial score (nSPS) is 10.9. The minimum Gasteiger partial charge on any atom is -0.311 e. The molecular formula is C12H21N3. The van der Waals surface area contributed by atoms with Gasteiger partial charge in [0.25, 0.3) is 0 Å². The SMILES string of the molecule is C=CCCn1nccc1CNCC(C)C. The van der Waals surface area contributed by atoms with Gasteiger partial charge in [0.1, 0.15) is 0 Å². The zero-order valence-corrected chi connectivity index (χ0v) is 9.74. The van der Waals surface area contributed by atoms with Crippen LogP contribution in [0.3, 0.4) is 0 Å². The van der Waals surface area contributed by atoms with Crippen LogP contribution in [0.5, 0.6) is 0 Å². The van der Waals surface area contributed by atoms with Gasteiger partial charge < -0.3 is 5.32 Å². The summed E-state index contributed by atoms with van der Waals surface area (Å²) in [7, 11) is 0. The summed E-state index contributed by atoms with van der Waals surface area (Å²) in [5.41, 5.74) is 1.25. The Balaban J connectivity index is 2.39. The third kappa shape index (κ3) is 4.30. The molecule has 0 saturated heterocycles. The molecule has 0 bridgehead atoms. The Morgan fingerprint density at radius 3 is 3.07 bits per heavy atom. The summed E-state index contributed by atoms with van der Waals surface area (Å²) in [6, 6.07) is 2.07. The largest absolute Gasteiger partial charge is 0.311 e. The van der Waals surface area contributed by atoms with E-state index in [1.807, 2.05) is 17.0 Å². The van der Waals surface area contributed by atoms with Crippen molar-refractivity contribution in [2.45, 2.75) is 33.4 Å². The second-order valence-corrected chi connectivity index (χ2v) is 4.15. The average Bonchev–Trinajstić information content (AvgIpc) is 2.62. The molecule has 0 radical (unpaired) electrons. The maximum absolute atomic E-state index is 4.28. The number of hydrogen-bond donors (Lipinski definition) is 1. The van der Waals surface area contributed by atoms with Crippen LogP contribution in [-0.4, -0.2) is 16.3 Å². The molecule has 0 amide bonds. The molecule has 0 aliphatic carbocycles.